The molecule has 0 saturated carbocycles. The molecule has 3 rings (SSSR count). The molecule has 1 saturated heterocycles. The maximum absolute atomic E-state index is 12.7. The van der Waals surface area contributed by atoms with Crippen molar-refractivity contribution in [3.8, 4) is 11.5 Å². The minimum atomic E-state index is -0.145. The van der Waals surface area contributed by atoms with E-state index in [1.165, 1.54) is 0 Å². The van der Waals surface area contributed by atoms with Crippen LogP contribution in [0.5, 0.6) is 11.5 Å². The number of carbonyl (C=O) groups is 2. The van der Waals surface area contributed by atoms with E-state index in [4.69, 9.17) is 9.47 Å². The number of methoxy groups -OCH3 is 2. The monoisotopic (exact) mass is 411 g/mol. The fraction of sp³-hybridized carbons (Fsp3) is 0.391. The van der Waals surface area contributed by atoms with Crippen LogP contribution < -0.4 is 20.1 Å². The fourth-order valence-corrected chi connectivity index (χ4v) is 3.80. The molecule has 1 aliphatic heterocycles. The van der Waals surface area contributed by atoms with Crippen LogP contribution in [-0.2, 0) is 6.54 Å². The Labute approximate surface area is 177 Å². The highest BCUT2D eigenvalue weighted by molar-refractivity contribution is 5.94. The minimum Gasteiger partial charge on any atom is -0.497 e. The Balaban J connectivity index is 1.67. The number of amides is 3. The lowest BCUT2D eigenvalue weighted by Gasteiger charge is -2.32. The van der Waals surface area contributed by atoms with Crippen LogP contribution in [0.4, 0.5) is 4.79 Å². The third kappa shape index (κ3) is 5.03. The lowest BCUT2D eigenvalue weighted by atomic mass is 9.89. The maximum atomic E-state index is 12.7. The second-order valence-electron chi connectivity index (χ2n) is 7.33. The van der Waals surface area contributed by atoms with Gasteiger partial charge in [-0.3, -0.25) is 4.79 Å². The number of hydrogen-bond acceptors (Lipinski definition) is 4. The first-order chi connectivity index (χ1) is 14.5. The van der Waals surface area contributed by atoms with Gasteiger partial charge in [-0.2, -0.15) is 0 Å². The predicted molar refractivity (Wildman–Crippen MR) is 115 cm³/mol. The van der Waals surface area contributed by atoms with Crippen molar-refractivity contribution >= 4 is 11.9 Å². The Morgan fingerprint density at radius 1 is 1.13 bits per heavy atom. The number of benzene rings is 2. The second-order valence-corrected chi connectivity index (χ2v) is 7.33. The van der Waals surface area contributed by atoms with Crippen molar-refractivity contribution in [3.05, 3.63) is 59.2 Å². The van der Waals surface area contributed by atoms with Gasteiger partial charge in [0.05, 0.1) is 14.2 Å². The van der Waals surface area contributed by atoms with Gasteiger partial charge in [-0.25, -0.2) is 4.79 Å². The molecule has 160 valence electrons. The van der Waals surface area contributed by atoms with Crippen molar-refractivity contribution in [1.82, 2.24) is 15.5 Å². The number of nitrogens with zero attached hydrogens (tertiary/aromatic N) is 1. The third-order valence-corrected chi connectivity index (χ3v) is 5.48. The van der Waals surface area contributed by atoms with Crippen molar-refractivity contribution in [2.75, 3.05) is 34.4 Å². The molecular weight excluding hydrogens is 382 g/mol. The normalized spacial score (nSPS) is 16.0. The molecule has 1 aliphatic rings. The van der Waals surface area contributed by atoms with Crippen LogP contribution in [0.25, 0.3) is 0 Å². The van der Waals surface area contributed by atoms with Gasteiger partial charge in [0.1, 0.15) is 11.5 Å². The number of carbonyl (C=O) groups excluding carboxylic acids is 2. The number of piperidine rings is 1. The summed E-state index contributed by atoms with van der Waals surface area (Å²) in [6.07, 6.45) is 1.95. The molecule has 3 amide bonds. The molecule has 1 fully saturated rings. The number of nitrogens with one attached hydrogen (secondary N) is 2. The Hall–Kier alpha value is -3.22. The van der Waals surface area contributed by atoms with E-state index in [1.54, 1.807) is 27.3 Å². The first-order valence-electron chi connectivity index (χ1n) is 10.1. The molecule has 7 heteroatoms. The van der Waals surface area contributed by atoms with E-state index in [0.29, 0.717) is 30.2 Å². The summed E-state index contributed by atoms with van der Waals surface area (Å²) in [6.45, 7) is 1.78. The summed E-state index contributed by atoms with van der Waals surface area (Å²) in [6, 6.07) is 13.1. The number of urea groups is 1. The summed E-state index contributed by atoms with van der Waals surface area (Å²) in [4.78, 5) is 26.5. The van der Waals surface area contributed by atoms with Crippen molar-refractivity contribution < 1.29 is 19.1 Å². The van der Waals surface area contributed by atoms with E-state index < -0.39 is 0 Å². The van der Waals surface area contributed by atoms with Crippen molar-refractivity contribution in [3.63, 3.8) is 0 Å². The zero-order valence-corrected chi connectivity index (χ0v) is 17.7. The number of ether oxygens (including phenoxy) is 2. The molecule has 7 nitrogen and oxygen atoms in total. The van der Waals surface area contributed by atoms with Crippen LogP contribution in [0.2, 0.25) is 0 Å². The third-order valence-electron chi connectivity index (χ3n) is 5.48. The number of hydrogen-bond donors (Lipinski definition) is 2. The van der Waals surface area contributed by atoms with Gasteiger partial charge < -0.3 is 25.0 Å². The topological polar surface area (TPSA) is 79.9 Å². The average Bonchev–Trinajstić information content (AvgIpc) is 2.81. The molecule has 0 radical (unpaired) electrons. The van der Waals surface area contributed by atoms with E-state index >= 15 is 0 Å². The van der Waals surface area contributed by atoms with E-state index in [9.17, 15) is 9.59 Å². The summed E-state index contributed by atoms with van der Waals surface area (Å²) in [5.74, 6) is 1.45. The molecular formula is C23H29N3O4. The quantitative estimate of drug-likeness (QED) is 0.765. The molecule has 1 heterocycles. The van der Waals surface area contributed by atoms with E-state index in [2.05, 4.69) is 10.6 Å². The smallest absolute Gasteiger partial charge is 0.317 e. The molecule has 1 unspecified atom stereocenters. The van der Waals surface area contributed by atoms with Gasteiger partial charge in [0.15, 0.2) is 0 Å². The molecule has 0 aromatic heterocycles. The summed E-state index contributed by atoms with van der Waals surface area (Å²) < 4.78 is 10.6. The van der Waals surface area contributed by atoms with Gasteiger partial charge >= 0.3 is 6.03 Å². The van der Waals surface area contributed by atoms with Crippen LogP contribution in [0.1, 0.15) is 40.2 Å². The van der Waals surface area contributed by atoms with Crippen molar-refractivity contribution in [1.29, 1.82) is 0 Å². The summed E-state index contributed by atoms with van der Waals surface area (Å²) in [5.41, 5.74) is 2.56. The molecule has 0 aliphatic carbocycles. The molecule has 2 aromatic carbocycles. The van der Waals surface area contributed by atoms with Crippen LogP contribution in [0.3, 0.4) is 0 Å². The van der Waals surface area contributed by atoms with Gasteiger partial charge in [0, 0.05) is 49.8 Å². The molecule has 30 heavy (non-hydrogen) atoms. The standard InChI is InChI=1S/C23H29N3O4/c1-24-23(28)26-11-5-8-19(15-26)16-6-4-7-17(12-16)22(27)25-14-18-9-10-20(29-2)13-21(18)30-3/h4,6-7,9-10,12-13,19H,5,8,11,14-15H2,1-3H3,(H,24,28)(H,25,27). The zero-order valence-electron chi connectivity index (χ0n) is 17.7. The summed E-state index contributed by atoms with van der Waals surface area (Å²) in [7, 11) is 4.84. The van der Waals surface area contributed by atoms with E-state index in [1.807, 2.05) is 41.3 Å². The molecule has 1 atom stereocenters. The first-order valence-corrected chi connectivity index (χ1v) is 10.1. The molecule has 0 bridgehead atoms. The summed E-state index contributed by atoms with van der Waals surface area (Å²) >= 11 is 0. The average molecular weight is 412 g/mol. The van der Waals surface area contributed by atoms with Crippen LogP contribution in [0, 0.1) is 0 Å². The SMILES string of the molecule is CNC(=O)N1CCCC(c2cccc(C(=O)NCc3ccc(OC)cc3OC)c2)C1. The molecule has 2 aromatic rings. The van der Waals surface area contributed by atoms with Gasteiger partial charge in [-0.1, -0.05) is 12.1 Å². The lowest BCUT2D eigenvalue weighted by molar-refractivity contribution is 0.0950. The number of likely N-dealkylation sites (tertiary alicyclic amines) is 1. The van der Waals surface area contributed by atoms with Gasteiger partial charge in [0.25, 0.3) is 5.91 Å². The molecule has 0 spiro atoms. The highest BCUT2D eigenvalue weighted by Crippen LogP contribution is 2.28. The van der Waals surface area contributed by atoms with Gasteiger partial charge in [0.2, 0.25) is 0 Å². The Morgan fingerprint density at radius 2 is 1.97 bits per heavy atom. The van der Waals surface area contributed by atoms with Crippen molar-refractivity contribution in [2.24, 2.45) is 0 Å². The second kappa shape index (κ2) is 10.0. The predicted octanol–water partition coefficient (Wildman–Crippen LogP) is 3.15. The minimum absolute atomic E-state index is 0.0537. The van der Waals surface area contributed by atoms with Gasteiger partial charge in [-0.05, 0) is 42.7 Å². The largest absolute Gasteiger partial charge is 0.497 e. The van der Waals surface area contributed by atoms with E-state index in [-0.39, 0.29) is 17.9 Å². The van der Waals surface area contributed by atoms with Crippen LogP contribution in [0.15, 0.2) is 42.5 Å². The Kier molecular flexibility index (Phi) is 7.17. The summed E-state index contributed by atoms with van der Waals surface area (Å²) in [5, 5.41) is 5.65. The maximum Gasteiger partial charge on any atom is 0.317 e. The Morgan fingerprint density at radius 3 is 2.70 bits per heavy atom. The van der Waals surface area contributed by atoms with E-state index in [0.717, 1.165) is 30.5 Å². The highest BCUT2D eigenvalue weighted by atomic mass is 16.5. The first kappa shape index (κ1) is 21.5. The van der Waals surface area contributed by atoms with Crippen LogP contribution >= 0.6 is 0 Å². The lowest BCUT2D eigenvalue weighted by Crippen LogP contribution is -2.43. The van der Waals surface area contributed by atoms with Crippen LogP contribution in [-0.4, -0.2) is 51.2 Å². The zero-order chi connectivity index (χ0) is 21.5. The fourth-order valence-electron chi connectivity index (χ4n) is 3.80. The Bertz CT molecular complexity index is 900. The van der Waals surface area contributed by atoms with Gasteiger partial charge in [-0.15, -0.1) is 0 Å². The number of rotatable bonds is 6. The molecule has 2 N–H and O–H groups in total. The highest BCUT2D eigenvalue weighted by Gasteiger charge is 2.24. The van der Waals surface area contributed by atoms with Crippen molar-refractivity contribution in [2.45, 2.75) is 25.3 Å².